The van der Waals surface area contributed by atoms with Crippen LogP contribution in [0, 0.1) is 0 Å². The molecule has 0 fully saturated rings. The van der Waals surface area contributed by atoms with Crippen molar-refractivity contribution in [3.8, 4) is 0 Å². The number of fused-ring (bicyclic) bond motifs is 1. The minimum atomic E-state index is 0.946. The van der Waals surface area contributed by atoms with E-state index in [2.05, 4.69) is 12.1 Å². The summed E-state index contributed by atoms with van der Waals surface area (Å²) in [5.74, 6) is 0. The van der Waals surface area contributed by atoms with Crippen molar-refractivity contribution in [2.24, 2.45) is 0 Å². The van der Waals surface area contributed by atoms with E-state index in [4.69, 9.17) is 0 Å². The van der Waals surface area contributed by atoms with Gasteiger partial charge in [0.15, 0.2) is 6.72 Å². The van der Waals surface area contributed by atoms with Gasteiger partial charge in [-0.15, -0.1) is 0 Å². The fourth-order valence-corrected chi connectivity index (χ4v) is 1.78. The van der Waals surface area contributed by atoms with Gasteiger partial charge in [-0.2, -0.15) is 0 Å². The molecule has 16 heavy (non-hydrogen) atoms. The van der Waals surface area contributed by atoms with Crippen LogP contribution in [0.2, 0.25) is 0 Å². The molecule has 3 nitrogen and oxygen atoms in total. The van der Waals surface area contributed by atoms with E-state index in [1.807, 2.05) is 54.6 Å². The average Bonchev–Trinajstić information content (AvgIpc) is 2.69. The number of hydrogen-bond donors (Lipinski definition) is 0. The molecular formula is C13H11N3. The minimum Gasteiger partial charge on any atom is -0.531 e. The van der Waals surface area contributed by atoms with Crippen LogP contribution in [-0.2, 0) is 0 Å². The maximum absolute atomic E-state index is 4.50. The number of para-hydroxylation sites is 2. The van der Waals surface area contributed by atoms with Gasteiger partial charge >= 0.3 is 0 Å². The Morgan fingerprint density at radius 2 is 1.62 bits per heavy atom. The SMILES string of the molecule is C=[N+]1c2ccccc2[N-]N1c1ccccc1. The number of hydrazone groups is 1. The van der Waals surface area contributed by atoms with Crippen LogP contribution in [0.15, 0.2) is 54.6 Å². The van der Waals surface area contributed by atoms with E-state index in [0.29, 0.717) is 0 Å². The third-order valence-corrected chi connectivity index (χ3v) is 2.58. The van der Waals surface area contributed by atoms with Crippen molar-refractivity contribution in [3.05, 3.63) is 60.0 Å². The van der Waals surface area contributed by atoms with Crippen LogP contribution in [0.25, 0.3) is 5.43 Å². The summed E-state index contributed by atoms with van der Waals surface area (Å²) in [6.07, 6.45) is 0. The lowest BCUT2D eigenvalue weighted by molar-refractivity contribution is -0.430. The van der Waals surface area contributed by atoms with E-state index < -0.39 is 0 Å². The predicted molar refractivity (Wildman–Crippen MR) is 65.4 cm³/mol. The summed E-state index contributed by atoms with van der Waals surface area (Å²) in [5.41, 5.74) is 7.47. The lowest BCUT2D eigenvalue weighted by Gasteiger charge is -2.24. The topological polar surface area (TPSA) is 20.4 Å². The first-order valence-electron chi connectivity index (χ1n) is 5.13. The van der Waals surface area contributed by atoms with Crippen LogP contribution >= 0.6 is 0 Å². The van der Waals surface area contributed by atoms with Crippen molar-refractivity contribution in [1.29, 1.82) is 0 Å². The van der Waals surface area contributed by atoms with Gasteiger partial charge < -0.3 is 5.43 Å². The zero-order chi connectivity index (χ0) is 11.0. The first-order valence-corrected chi connectivity index (χ1v) is 5.13. The molecule has 78 valence electrons. The Balaban J connectivity index is 2.02. The highest BCUT2D eigenvalue weighted by Gasteiger charge is 2.20. The number of hydrazine groups is 1. The van der Waals surface area contributed by atoms with E-state index in [-0.39, 0.29) is 0 Å². The largest absolute Gasteiger partial charge is 0.531 e. The molecule has 0 amide bonds. The Kier molecular flexibility index (Phi) is 1.90. The number of rotatable bonds is 1. The summed E-state index contributed by atoms with van der Waals surface area (Å²) in [7, 11) is 0. The number of nitrogens with zero attached hydrogens (tertiary/aromatic N) is 3. The summed E-state index contributed by atoms with van der Waals surface area (Å²) in [6, 6.07) is 17.9. The molecule has 2 aromatic carbocycles. The molecule has 1 heterocycles. The zero-order valence-electron chi connectivity index (χ0n) is 8.74. The first-order chi connectivity index (χ1) is 7.86. The monoisotopic (exact) mass is 209 g/mol. The van der Waals surface area contributed by atoms with Crippen molar-refractivity contribution >= 4 is 23.8 Å². The maximum atomic E-state index is 4.50. The second-order valence-corrected chi connectivity index (χ2v) is 3.61. The molecule has 0 bridgehead atoms. The Morgan fingerprint density at radius 1 is 0.938 bits per heavy atom. The number of hydrogen-bond acceptors (Lipinski definition) is 1. The molecule has 1 aliphatic heterocycles. The standard InChI is InChI=1S/C13H11N3/c1-15-13-10-6-5-9-12(13)14-16(15)11-7-3-2-4-8-11/h2-10H,1H2. The molecule has 2 aromatic rings. The molecule has 0 saturated carbocycles. The lowest BCUT2D eigenvalue weighted by atomic mass is 10.3. The van der Waals surface area contributed by atoms with Crippen LogP contribution in [0.4, 0.5) is 17.1 Å². The minimum absolute atomic E-state index is 0.946. The molecular weight excluding hydrogens is 198 g/mol. The molecule has 0 atom stereocenters. The Bertz CT molecular complexity index is 534. The van der Waals surface area contributed by atoms with Crippen molar-refractivity contribution in [2.45, 2.75) is 0 Å². The Morgan fingerprint density at radius 3 is 2.38 bits per heavy atom. The molecule has 0 unspecified atom stereocenters. The van der Waals surface area contributed by atoms with Gasteiger partial charge in [0.1, 0.15) is 0 Å². The highest BCUT2D eigenvalue weighted by atomic mass is 15.8. The van der Waals surface area contributed by atoms with Crippen molar-refractivity contribution < 1.29 is 4.68 Å². The van der Waals surface area contributed by atoms with Crippen LogP contribution in [-0.4, -0.2) is 11.4 Å². The summed E-state index contributed by atoms with van der Waals surface area (Å²) in [4.78, 5) is 0. The summed E-state index contributed by atoms with van der Waals surface area (Å²) in [6.45, 7) is 4.00. The van der Waals surface area contributed by atoms with Gasteiger partial charge in [-0.25, -0.2) is 5.12 Å². The first kappa shape index (κ1) is 8.97. The Labute approximate surface area is 94.2 Å². The number of benzene rings is 2. The molecule has 0 spiro atoms. The van der Waals surface area contributed by atoms with E-state index >= 15 is 0 Å². The second-order valence-electron chi connectivity index (χ2n) is 3.61. The second kappa shape index (κ2) is 3.38. The highest BCUT2D eigenvalue weighted by Crippen LogP contribution is 2.41. The van der Waals surface area contributed by atoms with Crippen LogP contribution < -0.4 is 5.12 Å². The summed E-state index contributed by atoms with van der Waals surface area (Å²) >= 11 is 0. The average molecular weight is 209 g/mol. The van der Waals surface area contributed by atoms with Crippen LogP contribution in [0.1, 0.15) is 0 Å². The van der Waals surface area contributed by atoms with Gasteiger partial charge in [0.2, 0.25) is 5.69 Å². The predicted octanol–water partition coefficient (Wildman–Crippen LogP) is 3.39. The van der Waals surface area contributed by atoms with Crippen LogP contribution in [0.3, 0.4) is 0 Å². The number of anilines is 1. The quantitative estimate of drug-likeness (QED) is 0.659. The fourth-order valence-electron chi connectivity index (χ4n) is 1.78. The van der Waals surface area contributed by atoms with Crippen molar-refractivity contribution in [3.63, 3.8) is 0 Å². The molecule has 0 aromatic heterocycles. The van der Waals surface area contributed by atoms with Gasteiger partial charge in [-0.3, -0.25) is 0 Å². The van der Waals surface area contributed by atoms with Crippen molar-refractivity contribution in [1.82, 2.24) is 0 Å². The van der Waals surface area contributed by atoms with Crippen molar-refractivity contribution in [2.75, 3.05) is 5.12 Å². The van der Waals surface area contributed by atoms with Gasteiger partial charge in [0, 0.05) is 6.07 Å². The zero-order valence-corrected chi connectivity index (χ0v) is 8.74. The summed E-state index contributed by atoms with van der Waals surface area (Å²) < 4.78 is 1.80. The summed E-state index contributed by atoms with van der Waals surface area (Å²) in [5, 5.41) is 1.80. The van der Waals surface area contributed by atoms with E-state index in [1.54, 1.807) is 9.80 Å². The van der Waals surface area contributed by atoms with E-state index in [0.717, 1.165) is 17.1 Å². The van der Waals surface area contributed by atoms with Gasteiger partial charge in [0.25, 0.3) is 0 Å². The van der Waals surface area contributed by atoms with E-state index in [1.165, 1.54) is 0 Å². The molecule has 3 heteroatoms. The molecule has 1 aliphatic rings. The normalized spacial score (nSPS) is 13.5. The van der Waals surface area contributed by atoms with Gasteiger partial charge in [-0.1, -0.05) is 41.1 Å². The van der Waals surface area contributed by atoms with Gasteiger partial charge in [0.05, 0.1) is 5.69 Å². The lowest BCUT2D eigenvalue weighted by Crippen LogP contribution is -2.20. The maximum Gasteiger partial charge on any atom is 0.220 e. The Hall–Kier alpha value is -2.29. The third kappa shape index (κ3) is 1.26. The third-order valence-electron chi connectivity index (χ3n) is 2.58. The van der Waals surface area contributed by atoms with Gasteiger partial charge in [-0.05, 0) is 17.8 Å². The van der Waals surface area contributed by atoms with Crippen LogP contribution in [0.5, 0.6) is 0 Å². The molecule has 0 radical (unpaired) electrons. The smallest absolute Gasteiger partial charge is 0.220 e. The fraction of sp³-hybridized carbons (Fsp3) is 0. The van der Waals surface area contributed by atoms with E-state index in [9.17, 15) is 0 Å². The molecule has 0 N–H and O–H groups in total. The highest BCUT2D eigenvalue weighted by molar-refractivity contribution is 5.73. The molecule has 3 rings (SSSR count). The molecule has 0 saturated heterocycles. The molecule has 0 aliphatic carbocycles.